The van der Waals surface area contributed by atoms with Crippen molar-refractivity contribution in [2.45, 2.75) is 37.3 Å². The van der Waals surface area contributed by atoms with Crippen LogP contribution in [-0.2, 0) is 4.79 Å². The highest BCUT2D eigenvalue weighted by Gasteiger charge is 2.25. The van der Waals surface area contributed by atoms with Crippen molar-refractivity contribution in [3.63, 3.8) is 0 Å². The molecule has 1 aromatic heterocycles. The molecule has 0 aliphatic carbocycles. The fraction of sp³-hybridized carbons (Fsp3) is 0.192. The maximum atomic E-state index is 14.1. The van der Waals surface area contributed by atoms with Gasteiger partial charge >= 0.3 is 0 Å². The normalized spacial score (nSPS) is 12.7. The summed E-state index contributed by atoms with van der Waals surface area (Å²) in [5, 5.41) is 11.8. The Morgan fingerprint density at radius 3 is 2.38 bits per heavy atom. The number of carbonyl (C=O) groups excluding carboxylic acids is 1. The van der Waals surface area contributed by atoms with E-state index in [1.54, 1.807) is 25.1 Å². The summed E-state index contributed by atoms with van der Waals surface area (Å²) in [7, 11) is 0. The molecule has 4 aromatic rings. The molecule has 2 unspecified atom stereocenters. The van der Waals surface area contributed by atoms with Gasteiger partial charge in [-0.15, -0.1) is 10.2 Å². The molecule has 2 atom stereocenters. The fourth-order valence-electron chi connectivity index (χ4n) is 3.38. The van der Waals surface area contributed by atoms with E-state index in [0.717, 1.165) is 16.9 Å². The van der Waals surface area contributed by atoms with Gasteiger partial charge in [0.25, 0.3) is 0 Å². The van der Waals surface area contributed by atoms with Crippen molar-refractivity contribution in [2.24, 2.45) is 0 Å². The number of benzene rings is 3. The summed E-state index contributed by atoms with van der Waals surface area (Å²) in [4.78, 5) is 12.9. The first-order chi connectivity index (χ1) is 16.4. The summed E-state index contributed by atoms with van der Waals surface area (Å²) in [6, 6.07) is 23.4. The molecule has 0 bridgehead atoms. The number of amides is 1. The van der Waals surface area contributed by atoms with Crippen molar-refractivity contribution in [1.29, 1.82) is 0 Å². The van der Waals surface area contributed by atoms with Crippen molar-refractivity contribution in [3.8, 4) is 11.4 Å². The van der Waals surface area contributed by atoms with Crippen LogP contribution in [-0.4, -0.2) is 25.9 Å². The standard InChI is InChI=1S/C26H25FN4O2S/c1-17-11-7-9-15-22(17)28-25(32)19(3)34-26-30-29-24(31(26)20-12-5-4-6-13-20)18(2)33-23-16-10-8-14-21(23)27/h4-16,18-19H,1-3H3,(H,28,32). The van der Waals surface area contributed by atoms with E-state index in [0.29, 0.717) is 11.0 Å². The minimum Gasteiger partial charge on any atom is -0.480 e. The molecule has 0 spiro atoms. The van der Waals surface area contributed by atoms with Gasteiger partial charge in [0.1, 0.15) is 0 Å². The van der Waals surface area contributed by atoms with E-state index in [1.165, 1.54) is 17.8 Å². The summed E-state index contributed by atoms with van der Waals surface area (Å²) < 4.78 is 21.9. The summed E-state index contributed by atoms with van der Waals surface area (Å²) in [6.07, 6.45) is -0.588. The average molecular weight is 477 g/mol. The molecule has 0 radical (unpaired) electrons. The number of hydrogen-bond donors (Lipinski definition) is 1. The SMILES string of the molecule is Cc1ccccc1NC(=O)C(C)Sc1nnc(C(C)Oc2ccccc2F)n1-c1ccccc1. The number of carbonyl (C=O) groups is 1. The van der Waals surface area contributed by atoms with E-state index in [9.17, 15) is 9.18 Å². The summed E-state index contributed by atoms with van der Waals surface area (Å²) in [6.45, 7) is 5.56. The van der Waals surface area contributed by atoms with Gasteiger partial charge < -0.3 is 10.1 Å². The highest BCUT2D eigenvalue weighted by atomic mass is 32.2. The second kappa shape index (κ2) is 10.5. The number of para-hydroxylation sites is 3. The third-order valence-corrected chi connectivity index (χ3v) is 6.27. The number of thioether (sulfide) groups is 1. The number of rotatable bonds is 8. The Morgan fingerprint density at radius 2 is 1.65 bits per heavy atom. The maximum absolute atomic E-state index is 14.1. The Bertz CT molecular complexity index is 1280. The zero-order chi connectivity index (χ0) is 24.1. The number of halogens is 1. The molecule has 0 aliphatic rings. The zero-order valence-electron chi connectivity index (χ0n) is 19.1. The number of hydrogen-bond acceptors (Lipinski definition) is 5. The van der Waals surface area contributed by atoms with E-state index in [2.05, 4.69) is 15.5 Å². The largest absolute Gasteiger partial charge is 0.480 e. The van der Waals surface area contributed by atoms with E-state index in [4.69, 9.17) is 4.74 Å². The molecule has 6 nitrogen and oxygen atoms in total. The average Bonchev–Trinajstić information content (AvgIpc) is 3.26. The quantitative estimate of drug-likeness (QED) is 0.317. The molecule has 8 heteroatoms. The monoisotopic (exact) mass is 476 g/mol. The van der Waals surface area contributed by atoms with Crippen molar-refractivity contribution >= 4 is 23.4 Å². The first-order valence-corrected chi connectivity index (χ1v) is 11.8. The summed E-state index contributed by atoms with van der Waals surface area (Å²) >= 11 is 1.29. The Morgan fingerprint density at radius 1 is 0.971 bits per heavy atom. The van der Waals surface area contributed by atoms with Crippen LogP contribution < -0.4 is 10.1 Å². The molecule has 1 amide bonds. The third-order valence-electron chi connectivity index (χ3n) is 5.23. The summed E-state index contributed by atoms with van der Waals surface area (Å²) in [5.74, 6) is 0.0524. The van der Waals surface area contributed by atoms with Crippen LogP contribution in [0.3, 0.4) is 0 Å². The topological polar surface area (TPSA) is 69.0 Å². The van der Waals surface area contributed by atoms with Gasteiger partial charge in [0, 0.05) is 11.4 Å². The van der Waals surface area contributed by atoms with Gasteiger partial charge in [0.2, 0.25) is 5.91 Å². The molecule has 0 aliphatic heterocycles. The Labute approximate surface area is 202 Å². The zero-order valence-corrected chi connectivity index (χ0v) is 19.9. The first kappa shape index (κ1) is 23.5. The molecule has 1 heterocycles. The van der Waals surface area contributed by atoms with Crippen LogP contribution in [0, 0.1) is 12.7 Å². The second-order valence-corrected chi connectivity index (χ2v) is 9.07. The molecule has 174 valence electrons. The van der Waals surface area contributed by atoms with Gasteiger partial charge in [-0.3, -0.25) is 9.36 Å². The van der Waals surface area contributed by atoms with Crippen molar-refractivity contribution in [3.05, 3.63) is 96.1 Å². The van der Waals surface area contributed by atoms with Crippen LogP contribution in [0.15, 0.2) is 84.0 Å². The predicted octanol–water partition coefficient (Wildman–Crippen LogP) is 5.97. The van der Waals surface area contributed by atoms with Crippen LogP contribution in [0.4, 0.5) is 10.1 Å². The molecule has 0 saturated heterocycles. The van der Waals surface area contributed by atoms with Crippen LogP contribution >= 0.6 is 11.8 Å². The van der Waals surface area contributed by atoms with Crippen LogP contribution in [0.25, 0.3) is 5.69 Å². The molecule has 1 N–H and O–H groups in total. The number of nitrogens with one attached hydrogen (secondary N) is 1. The minimum atomic E-state index is -0.588. The van der Waals surface area contributed by atoms with Crippen molar-refractivity contribution in [1.82, 2.24) is 14.8 Å². The molecule has 0 saturated carbocycles. The van der Waals surface area contributed by atoms with Gasteiger partial charge in [-0.05, 0) is 56.7 Å². The number of ether oxygens (including phenoxy) is 1. The minimum absolute atomic E-state index is 0.137. The second-order valence-electron chi connectivity index (χ2n) is 7.77. The van der Waals surface area contributed by atoms with E-state index in [-0.39, 0.29) is 11.7 Å². The Balaban J connectivity index is 1.60. The van der Waals surface area contributed by atoms with Gasteiger partial charge in [0.05, 0.1) is 5.25 Å². The molecule has 3 aromatic carbocycles. The Kier molecular flexibility index (Phi) is 7.27. The Hall–Kier alpha value is -3.65. The lowest BCUT2D eigenvalue weighted by molar-refractivity contribution is -0.115. The summed E-state index contributed by atoms with van der Waals surface area (Å²) in [5.41, 5.74) is 2.58. The highest BCUT2D eigenvalue weighted by Crippen LogP contribution is 2.31. The number of nitrogens with zero attached hydrogens (tertiary/aromatic N) is 3. The van der Waals surface area contributed by atoms with E-state index in [1.807, 2.05) is 73.0 Å². The highest BCUT2D eigenvalue weighted by molar-refractivity contribution is 8.00. The fourth-order valence-corrected chi connectivity index (χ4v) is 4.26. The number of aromatic nitrogens is 3. The lowest BCUT2D eigenvalue weighted by Crippen LogP contribution is -2.23. The van der Waals surface area contributed by atoms with E-state index < -0.39 is 17.2 Å². The molecule has 4 rings (SSSR count). The lowest BCUT2D eigenvalue weighted by Gasteiger charge is -2.18. The van der Waals surface area contributed by atoms with Crippen LogP contribution in [0.2, 0.25) is 0 Å². The molecular formula is C26H25FN4O2S. The third kappa shape index (κ3) is 5.28. The van der Waals surface area contributed by atoms with E-state index >= 15 is 0 Å². The van der Waals surface area contributed by atoms with Crippen molar-refractivity contribution in [2.75, 3.05) is 5.32 Å². The van der Waals surface area contributed by atoms with Gasteiger partial charge in [0.15, 0.2) is 28.7 Å². The lowest BCUT2D eigenvalue weighted by atomic mass is 10.2. The number of aryl methyl sites for hydroxylation is 1. The van der Waals surface area contributed by atoms with Gasteiger partial charge in [-0.1, -0.05) is 60.3 Å². The smallest absolute Gasteiger partial charge is 0.237 e. The van der Waals surface area contributed by atoms with Crippen molar-refractivity contribution < 1.29 is 13.9 Å². The molecule has 0 fully saturated rings. The van der Waals surface area contributed by atoms with Gasteiger partial charge in [-0.2, -0.15) is 0 Å². The van der Waals surface area contributed by atoms with Crippen LogP contribution in [0.5, 0.6) is 5.75 Å². The van der Waals surface area contributed by atoms with Crippen LogP contribution in [0.1, 0.15) is 31.3 Å². The van der Waals surface area contributed by atoms with Gasteiger partial charge in [-0.25, -0.2) is 4.39 Å². The predicted molar refractivity (Wildman–Crippen MR) is 132 cm³/mol. The molecule has 34 heavy (non-hydrogen) atoms. The first-order valence-electron chi connectivity index (χ1n) is 10.9. The number of anilines is 1. The maximum Gasteiger partial charge on any atom is 0.237 e. The molecular weight excluding hydrogens is 451 g/mol.